The van der Waals surface area contributed by atoms with Gasteiger partial charge in [0.15, 0.2) is 0 Å². The fraction of sp³-hybridized carbons (Fsp3) is 0.667. The molecule has 2 aliphatic rings. The van der Waals surface area contributed by atoms with E-state index in [-0.39, 0.29) is 12.5 Å². The van der Waals surface area contributed by atoms with E-state index in [1.54, 1.807) is 22.4 Å². The summed E-state index contributed by atoms with van der Waals surface area (Å²) in [5.41, 5.74) is 0. The van der Waals surface area contributed by atoms with Crippen molar-refractivity contribution < 1.29 is 22.8 Å². The second-order valence-corrected chi connectivity index (χ2v) is 7.05. The summed E-state index contributed by atoms with van der Waals surface area (Å²) in [5, 5.41) is 2.95. The number of likely N-dealkylation sites (tertiary alicyclic amines) is 2. The van der Waals surface area contributed by atoms with Gasteiger partial charge in [-0.05, 0) is 25.7 Å². The van der Waals surface area contributed by atoms with Crippen LogP contribution in [0.4, 0.5) is 13.2 Å². The van der Waals surface area contributed by atoms with Crippen LogP contribution in [0.3, 0.4) is 0 Å². The predicted octanol–water partition coefficient (Wildman–Crippen LogP) is 2.40. The van der Waals surface area contributed by atoms with Crippen LogP contribution in [0.25, 0.3) is 0 Å². The number of alkyl halides is 3. The molecule has 0 bridgehead atoms. The molecule has 1 atom stereocenters. The van der Waals surface area contributed by atoms with E-state index >= 15 is 0 Å². The molecule has 0 N–H and O–H groups in total. The highest BCUT2D eigenvalue weighted by Gasteiger charge is 2.48. The standard InChI is InChI=1S/C15H18F3N3O2S/c16-15(17,18)14(23)21-6-1-2-11(21)13(22)20-7-3-10(4-8-20)12-19-5-9-24-12/h5,9-11H,1-4,6-8H2. The van der Waals surface area contributed by atoms with Crippen LogP contribution in [0.1, 0.15) is 36.6 Å². The molecule has 0 aromatic carbocycles. The summed E-state index contributed by atoms with van der Waals surface area (Å²) in [7, 11) is 0. The molecule has 2 aliphatic heterocycles. The lowest BCUT2D eigenvalue weighted by atomic mass is 9.97. The molecule has 24 heavy (non-hydrogen) atoms. The minimum Gasteiger partial charge on any atom is -0.341 e. The van der Waals surface area contributed by atoms with Gasteiger partial charge in [0.05, 0.1) is 5.01 Å². The maximum Gasteiger partial charge on any atom is 0.471 e. The summed E-state index contributed by atoms with van der Waals surface area (Å²) in [6.45, 7) is 0.978. The van der Waals surface area contributed by atoms with E-state index in [4.69, 9.17) is 0 Å². The van der Waals surface area contributed by atoms with Crippen LogP contribution in [0.2, 0.25) is 0 Å². The maximum atomic E-state index is 12.7. The second-order valence-electron chi connectivity index (χ2n) is 6.12. The average molecular weight is 361 g/mol. The number of carbonyl (C=O) groups excluding carboxylic acids is 2. The van der Waals surface area contributed by atoms with Gasteiger partial charge in [-0.1, -0.05) is 0 Å². The zero-order chi connectivity index (χ0) is 17.3. The van der Waals surface area contributed by atoms with Gasteiger partial charge in [0.2, 0.25) is 5.91 Å². The Morgan fingerprint density at radius 3 is 2.46 bits per heavy atom. The molecular formula is C15H18F3N3O2S. The zero-order valence-electron chi connectivity index (χ0n) is 13.0. The minimum absolute atomic E-state index is 0.00959. The predicted molar refractivity (Wildman–Crippen MR) is 81.5 cm³/mol. The fourth-order valence-electron chi connectivity index (χ4n) is 3.42. The number of hydrogen-bond donors (Lipinski definition) is 0. The van der Waals surface area contributed by atoms with Crippen molar-refractivity contribution in [1.82, 2.24) is 14.8 Å². The number of amides is 2. The average Bonchev–Trinajstić information content (AvgIpc) is 3.24. The summed E-state index contributed by atoms with van der Waals surface area (Å²) in [6, 6.07) is -0.976. The topological polar surface area (TPSA) is 53.5 Å². The zero-order valence-corrected chi connectivity index (χ0v) is 13.8. The van der Waals surface area contributed by atoms with Gasteiger partial charge in [-0.25, -0.2) is 4.98 Å². The van der Waals surface area contributed by atoms with E-state index in [1.807, 2.05) is 5.38 Å². The normalized spacial score (nSPS) is 22.9. The number of nitrogens with zero attached hydrogens (tertiary/aromatic N) is 3. The Balaban J connectivity index is 1.61. The molecule has 1 unspecified atom stereocenters. The van der Waals surface area contributed by atoms with Crippen LogP contribution < -0.4 is 0 Å². The summed E-state index contributed by atoms with van der Waals surface area (Å²) >= 11 is 1.58. The summed E-state index contributed by atoms with van der Waals surface area (Å²) < 4.78 is 38.0. The first-order chi connectivity index (χ1) is 11.4. The van der Waals surface area contributed by atoms with Crippen molar-refractivity contribution >= 4 is 23.2 Å². The van der Waals surface area contributed by atoms with E-state index in [2.05, 4.69) is 4.98 Å². The number of hydrogen-bond acceptors (Lipinski definition) is 4. The van der Waals surface area contributed by atoms with Crippen LogP contribution in [0.15, 0.2) is 11.6 Å². The molecule has 0 radical (unpaired) electrons. The van der Waals surface area contributed by atoms with Gasteiger partial charge in [-0.15, -0.1) is 11.3 Å². The molecule has 1 aromatic heterocycles. The van der Waals surface area contributed by atoms with Gasteiger partial charge in [0.1, 0.15) is 6.04 Å². The quantitative estimate of drug-likeness (QED) is 0.813. The first-order valence-electron chi connectivity index (χ1n) is 7.94. The SMILES string of the molecule is O=C(C1CCCN1C(=O)C(F)(F)F)N1CCC(c2nccs2)CC1. The van der Waals surface area contributed by atoms with Crippen molar-refractivity contribution in [3.63, 3.8) is 0 Å². The molecule has 3 rings (SSSR count). The number of piperidine rings is 1. The Morgan fingerprint density at radius 2 is 1.88 bits per heavy atom. The first kappa shape index (κ1) is 17.2. The van der Waals surface area contributed by atoms with Crippen LogP contribution in [-0.2, 0) is 9.59 Å². The van der Waals surface area contributed by atoms with Gasteiger partial charge in [0.25, 0.3) is 0 Å². The molecule has 3 heterocycles. The molecule has 5 nitrogen and oxygen atoms in total. The lowest BCUT2D eigenvalue weighted by Gasteiger charge is -2.35. The first-order valence-corrected chi connectivity index (χ1v) is 8.82. The summed E-state index contributed by atoms with van der Waals surface area (Å²) in [4.78, 5) is 30.7. The molecule has 0 saturated carbocycles. The summed E-state index contributed by atoms with van der Waals surface area (Å²) in [5.74, 6) is -1.97. The summed E-state index contributed by atoms with van der Waals surface area (Å²) in [6.07, 6.45) is -0.962. The highest BCUT2D eigenvalue weighted by atomic mass is 32.1. The van der Waals surface area contributed by atoms with Gasteiger partial charge in [-0.3, -0.25) is 9.59 Å². The van der Waals surface area contributed by atoms with Crippen molar-refractivity contribution in [2.75, 3.05) is 19.6 Å². The number of carbonyl (C=O) groups is 2. The highest BCUT2D eigenvalue weighted by Crippen LogP contribution is 2.31. The van der Waals surface area contributed by atoms with Gasteiger partial charge in [0, 0.05) is 37.1 Å². The molecule has 9 heteroatoms. The van der Waals surface area contributed by atoms with Crippen molar-refractivity contribution in [2.24, 2.45) is 0 Å². The minimum atomic E-state index is -4.93. The number of halogens is 3. The molecule has 132 valence electrons. The molecule has 2 amide bonds. The molecule has 1 aromatic rings. The molecule has 0 spiro atoms. The Bertz CT molecular complexity index is 598. The number of aromatic nitrogens is 1. The van der Waals surface area contributed by atoms with Crippen molar-refractivity contribution in [3.05, 3.63) is 16.6 Å². The smallest absolute Gasteiger partial charge is 0.341 e. The van der Waals surface area contributed by atoms with Gasteiger partial charge >= 0.3 is 12.1 Å². The number of thiazole rings is 1. The lowest BCUT2D eigenvalue weighted by Crippen LogP contribution is -2.52. The Kier molecular flexibility index (Phi) is 4.80. The fourth-order valence-corrected chi connectivity index (χ4v) is 4.23. The third-order valence-electron chi connectivity index (χ3n) is 4.65. The van der Waals surface area contributed by atoms with E-state index in [9.17, 15) is 22.8 Å². The van der Waals surface area contributed by atoms with Crippen molar-refractivity contribution in [1.29, 1.82) is 0 Å². The van der Waals surface area contributed by atoms with Crippen molar-refractivity contribution in [3.8, 4) is 0 Å². The van der Waals surface area contributed by atoms with Gasteiger partial charge in [-0.2, -0.15) is 13.2 Å². The van der Waals surface area contributed by atoms with Crippen LogP contribution >= 0.6 is 11.3 Å². The van der Waals surface area contributed by atoms with Crippen LogP contribution in [-0.4, -0.2) is 58.5 Å². The van der Waals surface area contributed by atoms with E-state index < -0.39 is 18.1 Å². The molecule has 0 aliphatic carbocycles. The van der Waals surface area contributed by atoms with Gasteiger partial charge < -0.3 is 9.80 Å². The third-order valence-corrected chi connectivity index (χ3v) is 5.59. The highest BCUT2D eigenvalue weighted by molar-refractivity contribution is 7.09. The van der Waals surface area contributed by atoms with Crippen LogP contribution in [0, 0.1) is 0 Å². The molecule has 2 saturated heterocycles. The monoisotopic (exact) mass is 361 g/mol. The number of rotatable bonds is 2. The van der Waals surface area contributed by atoms with E-state index in [0.717, 1.165) is 17.8 Å². The third kappa shape index (κ3) is 3.40. The largest absolute Gasteiger partial charge is 0.471 e. The van der Waals surface area contributed by atoms with E-state index in [1.165, 1.54) is 0 Å². The Hall–Kier alpha value is -1.64. The lowest BCUT2D eigenvalue weighted by molar-refractivity contribution is -0.187. The Labute approximate surface area is 141 Å². The molecule has 2 fully saturated rings. The van der Waals surface area contributed by atoms with Crippen molar-refractivity contribution in [2.45, 2.75) is 43.8 Å². The van der Waals surface area contributed by atoms with E-state index in [0.29, 0.717) is 36.7 Å². The second kappa shape index (κ2) is 6.70. The van der Waals surface area contributed by atoms with Crippen LogP contribution in [0.5, 0.6) is 0 Å². The molecular weight excluding hydrogens is 343 g/mol. The Morgan fingerprint density at radius 1 is 1.17 bits per heavy atom. The maximum absolute atomic E-state index is 12.7.